The molecule has 0 aromatic rings. The molecule has 0 amide bonds. The molecule has 0 saturated carbocycles. The predicted octanol–water partition coefficient (Wildman–Crippen LogP) is 1.86. The second-order valence-electron chi connectivity index (χ2n) is 3.44. The molecule has 0 bridgehead atoms. The minimum atomic E-state index is 0.0231. The average Bonchev–Trinajstić information content (AvgIpc) is 2.25. The van der Waals surface area contributed by atoms with Crippen molar-refractivity contribution in [2.24, 2.45) is 0 Å². The van der Waals surface area contributed by atoms with Crippen molar-refractivity contribution >= 4 is 0 Å². The van der Waals surface area contributed by atoms with Crippen LogP contribution in [0.2, 0.25) is 0 Å². The molecule has 0 aromatic heterocycles. The second-order valence-corrected chi connectivity index (χ2v) is 3.44. The summed E-state index contributed by atoms with van der Waals surface area (Å²) in [6.45, 7) is 1.78. The molecule has 3 heteroatoms. The van der Waals surface area contributed by atoms with E-state index in [2.05, 4.69) is 0 Å². The standard InChI is InChI=1S/C11H20O3/c12-8-4-1-2-5-9-13-11-7-3-6-10-14-11/h1-2,11-12H,3-10H2. The lowest BCUT2D eigenvalue weighted by molar-refractivity contribution is -0.161. The van der Waals surface area contributed by atoms with Crippen molar-refractivity contribution in [3.05, 3.63) is 12.2 Å². The molecule has 1 heterocycles. The fourth-order valence-corrected chi connectivity index (χ4v) is 1.42. The summed E-state index contributed by atoms with van der Waals surface area (Å²) in [4.78, 5) is 0. The third-order valence-corrected chi connectivity index (χ3v) is 2.19. The molecule has 1 saturated heterocycles. The Morgan fingerprint density at radius 1 is 1.29 bits per heavy atom. The summed E-state index contributed by atoms with van der Waals surface area (Å²) in [6.07, 6.45) is 9.08. The van der Waals surface area contributed by atoms with E-state index >= 15 is 0 Å². The van der Waals surface area contributed by atoms with Crippen molar-refractivity contribution < 1.29 is 14.6 Å². The molecular formula is C11H20O3. The topological polar surface area (TPSA) is 38.7 Å². The normalized spacial score (nSPS) is 23.1. The molecule has 1 rings (SSSR count). The van der Waals surface area contributed by atoms with Gasteiger partial charge in [0.25, 0.3) is 0 Å². The van der Waals surface area contributed by atoms with Crippen LogP contribution in [0.5, 0.6) is 0 Å². The Kier molecular flexibility index (Phi) is 6.66. The van der Waals surface area contributed by atoms with Gasteiger partial charge in [-0.3, -0.25) is 0 Å². The van der Waals surface area contributed by atoms with E-state index in [0.29, 0.717) is 6.61 Å². The van der Waals surface area contributed by atoms with Gasteiger partial charge in [0, 0.05) is 13.2 Å². The molecule has 1 atom stereocenters. The number of aliphatic hydroxyl groups is 1. The Morgan fingerprint density at radius 2 is 2.14 bits per heavy atom. The highest BCUT2D eigenvalue weighted by Crippen LogP contribution is 2.13. The molecule has 0 aromatic carbocycles. The smallest absolute Gasteiger partial charge is 0.157 e. The van der Waals surface area contributed by atoms with Gasteiger partial charge >= 0.3 is 0 Å². The Bertz CT molecular complexity index is 151. The van der Waals surface area contributed by atoms with Crippen LogP contribution in [0.4, 0.5) is 0 Å². The van der Waals surface area contributed by atoms with Gasteiger partial charge in [-0.2, -0.15) is 0 Å². The predicted molar refractivity (Wildman–Crippen MR) is 55.0 cm³/mol. The van der Waals surface area contributed by atoms with Crippen LogP contribution in [0, 0.1) is 0 Å². The summed E-state index contributed by atoms with van der Waals surface area (Å²) >= 11 is 0. The fourth-order valence-electron chi connectivity index (χ4n) is 1.42. The lowest BCUT2D eigenvalue weighted by Gasteiger charge is -2.22. The van der Waals surface area contributed by atoms with E-state index in [0.717, 1.165) is 32.3 Å². The van der Waals surface area contributed by atoms with Crippen LogP contribution < -0.4 is 0 Å². The average molecular weight is 200 g/mol. The molecule has 0 spiro atoms. The molecule has 1 N–H and O–H groups in total. The highest BCUT2D eigenvalue weighted by molar-refractivity contribution is 4.80. The Morgan fingerprint density at radius 3 is 2.86 bits per heavy atom. The summed E-state index contributed by atoms with van der Waals surface area (Å²) in [7, 11) is 0. The van der Waals surface area contributed by atoms with Gasteiger partial charge in [-0.15, -0.1) is 0 Å². The van der Waals surface area contributed by atoms with Crippen molar-refractivity contribution in [2.75, 3.05) is 19.8 Å². The highest BCUT2D eigenvalue weighted by atomic mass is 16.7. The summed E-state index contributed by atoms with van der Waals surface area (Å²) in [5.41, 5.74) is 0. The largest absolute Gasteiger partial charge is 0.396 e. The summed E-state index contributed by atoms with van der Waals surface area (Å²) in [5, 5.41) is 8.52. The zero-order valence-corrected chi connectivity index (χ0v) is 8.65. The molecule has 0 radical (unpaired) electrons. The molecular weight excluding hydrogens is 180 g/mol. The van der Waals surface area contributed by atoms with E-state index in [-0.39, 0.29) is 12.9 Å². The fraction of sp³-hybridized carbons (Fsp3) is 0.818. The summed E-state index contributed by atoms with van der Waals surface area (Å²) in [5.74, 6) is 0. The highest BCUT2D eigenvalue weighted by Gasteiger charge is 2.12. The molecule has 82 valence electrons. The van der Waals surface area contributed by atoms with Gasteiger partial charge in [-0.1, -0.05) is 12.2 Å². The Labute approximate surface area is 85.7 Å². The maximum absolute atomic E-state index is 8.52. The van der Waals surface area contributed by atoms with Crippen molar-refractivity contribution in [3.63, 3.8) is 0 Å². The zero-order valence-electron chi connectivity index (χ0n) is 8.65. The molecule has 3 nitrogen and oxygen atoms in total. The van der Waals surface area contributed by atoms with Crippen LogP contribution in [-0.2, 0) is 9.47 Å². The van der Waals surface area contributed by atoms with Crippen molar-refractivity contribution in [2.45, 2.75) is 38.4 Å². The lowest BCUT2D eigenvalue weighted by Crippen LogP contribution is -2.22. The maximum atomic E-state index is 8.52. The van der Waals surface area contributed by atoms with Crippen molar-refractivity contribution in [3.8, 4) is 0 Å². The van der Waals surface area contributed by atoms with E-state index < -0.39 is 0 Å². The Balaban J connectivity index is 1.92. The van der Waals surface area contributed by atoms with Crippen LogP contribution in [0.1, 0.15) is 32.1 Å². The maximum Gasteiger partial charge on any atom is 0.157 e. The molecule has 1 fully saturated rings. The lowest BCUT2D eigenvalue weighted by atomic mass is 10.2. The van der Waals surface area contributed by atoms with Gasteiger partial charge in [0.2, 0.25) is 0 Å². The van der Waals surface area contributed by atoms with Crippen molar-refractivity contribution in [1.82, 2.24) is 0 Å². The van der Waals surface area contributed by atoms with Gasteiger partial charge in [0.15, 0.2) is 6.29 Å². The van der Waals surface area contributed by atoms with Crippen LogP contribution in [-0.4, -0.2) is 31.2 Å². The quantitative estimate of drug-likeness (QED) is 0.525. The SMILES string of the molecule is OCCC=CCCOC1CCCCO1. The first-order valence-electron chi connectivity index (χ1n) is 5.42. The molecule has 1 aliphatic rings. The minimum absolute atomic E-state index is 0.0231. The van der Waals surface area contributed by atoms with Crippen LogP contribution >= 0.6 is 0 Å². The first-order valence-corrected chi connectivity index (χ1v) is 5.42. The number of rotatable bonds is 6. The van der Waals surface area contributed by atoms with E-state index in [4.69, 9.17) is 14.6 Å². The molecule has 1 aliphatic heterocycles. The number of aliphatic hydroxyl groups excluding tert-OH is 1. The molecule has 1 unspecified atom stereocenters. The number of hydrogen-bond acceptors (Lipinski definition) is 3. The van der Waals surface area contributed by atoms with Crippen LogP contribution in [0.15, 0.2) is 12.2 Å². The third-order valence-electron chi connectivity index (χ3n) is 2.19. The van der Waals surface area contributed by atoms with E-state index in [1.54, 1.807) is 0 Å². The Hall–Kier alpha value is -0.380. The second kappa shape index (κ2) is 7.97. The number of hydrogen-bond donors (Lipinski definition) is 1. The van der Waals surface area contributed by atoms with Gasteiger partial charge < -0.3 is 14.6 Å². The van der Waals surface area contributed by atoms with Gasteiger partial charge in [-0.05, 0) is 32.1 Å². The number of ether oxygens (including phenoxy) is 2. The zero-order chi connectivity index (χ0) is 10.1. The van der Waals surface area contributed by atoms with Gasteiger partial charge in [-0.25, -0.2) is 0 Å². The van der Waals surface area contributed by atoms with Gasteiger partial charge in [0.1, 0.15) is 0 Å². The monoisotopic (exact) mass is 200 g/mol. The van der Waals surface area contributed by atoms with E-state index in [9.17, 15) is 0 Å². The molecule has 0 aliphatic carbocycles. The van der Waals surface area contributed by atoms with Crippen LogP contribution in [0.25, 0.3) is 0 Å². The van der Waals surface area contributed by atoms with Crippen LogP contribution in [0.3, 0.4) is 0 Å². The van der Waals surface area contributed by atoms with Gasteiger partial charge in [0.05, 0.1) is 6.61 Å². The van der Waals surface area contributed by atoms with E-state index in [1.165, 1.54) is 6.42 Å². The first kappa shape index (κ1) is 11.7. The first-order chi connectivity index (χ1) is 6.93. The third kappa shape index (κ3) is 5.37. The van der Waals surface area contributed by atoms with E-state index in [1.807, 2.05) is 12.2 Å². The molecule has 14 heavy (non-hydrogen) atoms. The summed E-state index contributed by atoms with van der Waals surface area (Å²) in [6, 6.07) is 0. The minimum Gasteiger partial charge on any atom is -0.396 e. The van der Waals surface area contributed by atoms with Crippen molar-refractivity contribution in [1.29, 1.82) is 0 Å². The summed E-state index contributed by atoms with van der Waals surface area (Å²) < 4.78 is 10.9.